The highest BCUT2D eigenvalue weighted by atomic mass is 16.3. The van der Waals surface area contributed by atoms with Gasteiger partial charge in [-0.2, -0.15) is 0 Å². The van der Waals surface area contributed by atoms with Crippen LogP contribution in [0.1, 0.15) is 12.0 Å². The van der Waals surface area contributed by atoms with E-state index in [4.69, 9.17) is 5.11 Å². The number of likely N-dealkylation sites (tertiary alicyclic amines) is 1. The Balaban J connectivity index is 1.82. The van der Waals surface area contributed by atoms with E-state index in [1.165, 1.54) is 12.0 Å². The largest absolute Gasteiger partial charge is 0.395 e. The van der Waals surface area contributed by atoms with Crippen LogP contribution in [0.5, 0.6) is 0 Å². The number of likely N-dealkylation sites (N-methyl/N-ethyl adjacent to an activating group) is 1. The van der Waals surface area contributed by atoms with Crippen molar-refractivity contribution in [3.63, 3.8) is 0 Å². The number of rotatable bonds is 5. The Morgan fingerprint density at radius 1 is 1.35 bits per heavy atom. The van der Waals surface area contributed by atoms with Gasteiger partial charge in [-0.05, 0) is 19.0 Å². The van der Waals surface area contributed by atoms with E-state index in [1.807, 2.05) is 0 Å². The minimum atomic E-state index is 0.256. The second-order valence-electron chi connectivity index (χ2n) is 4.87. The van der Waals surface area contributed by atoms with Gasteiger partial charge in [0.25, 0.3) is 0 Å². The summed E-state index contributed by atoms with van der Waals surface area (Å²) in [6.45, 7) is 4.36. The first-order chi connectivity index (χ1) is 8.29. The highest BCUT2D eigenvalue weighted by Gasteiger charge is 2.25. The molecular formula is C14H22N2O. The number of aliphatic hydroxyl groups is 1. The first-order valence-electron chi connectivity index (χ1n) is 6.37. The van der Waals surface area contributed by atoms with Crippen LogP contribution in [0.25, 0.3) is 0 Å². The Hall–Kier alpha value is -0.900. The van der Waals surface area contributed by atoms with E-state index < -0.39 is 0 Å². The van der Waals surface area contributed by atoms with E-state index >= 15 is 0 Å². The molecule has 94 valence electrons. The number of nitrogens with zero attached hydrogens (tertiary/aromatic N) is 2. The van der Waals surface area contributed by atoms with Gasteiger partial charge in [0, 0.05) is 32.2 Å². The lowest BCUT2D eigenvalue weighted by Crippen LogP contribution is -2.36. The maximum atomic E-state index is 8.94. The van der Waals surface area contributed by atoms with Crippen molar-refractivity contribution in [3.8, 4) is 0 Å². The van der Waals surface area contributed by atoms with Crippen molar-refractivity contribution in [1.82, 2.24) is 9.80 Å². The van der Waals surface area contributed by atoms with Crippen LogP contribution in [0.15, 0.2) is 30.3 Å². The molecule has 0 unspecified atom stereocenters. The topological polar surface area (TPSA) is 26.7 Å². The van der Waals surface area contributed by atoms with Crippen LogP contribution in [0.3, 0.4) is 0 Å². The van der Waals surface area contributed by atoms with E-state index in [0.717, 1.165) is 26.2 Å². The summed E-state index contributed by atoms with van der Waals surface area (Å²) in [4.78, 5) is 4.76. The molecule has 1 aromatic carbocycles. The minimum Gasteiger partial charge on any atom is -0.395 e. The zero-order valence-electron chi connectivity index (χ0n) is 10.5. The van der Waals surface area contributed by atoms with Gasteiger partial charge in [0.2, 0.25) is 0 Å². The van der Waals surface area contributed by atoms with Gasteiger partial charge in [0.1, 0.15) is 0 Å². The van der Waals surface area contributed by atoms with E-state index in [2.05, 4.69) is 47.2 Å². The van der Waals surface area contributed by atoms with Gasteiger partial charge in [0.05, 0.1) is 6.61 Å². The SMILES string of the molecule is CN(CCO)[C@H]1CCN(Cc2ccccc2)C1. The lowest BCUT2D eigenvalue weighted by atomic mass is 10.2. The normalized spacial score (nSPS) is 21.2. The molecule has 1 saturated heterocycles. The third kappa shape index (κ3) is 3.53. The standard InChI is InChI=1S/C14H22N2O/c1-15(9-10-17)14-7-8-16(12-14)11-13-5-3-2-4-6-13/h2-6,14,17H,7-12H2,1H3/t14-/m0/s1. The number of aliphatic hydroxyl groups excluding tert-OH is 1. The van der Waals surface area contributed by atoms with Crippen LogP contribution in [0, 0.1) is 0 Å². The third-order valence-electron chi connectivity index (χ3n) is 3.57. The maximum Gasteiger partial charge on any atom is 0.0558 e. The Bertz CT molecular complexity index is 328. The number of hydrogen-bond donors (Lipinski definition) is 1. The van der Waals surface area contributed by atoms with E-state index in [0.29, 0.717) is 6.04 Å². The Morgan fingerprint density at radius 2 is 2.12 bits per heavy atom. The van der Waals surface area contributed by atoms with Crippen LogP contribution < -0.4 is 0 Å². The van der Waals surface area contributed by atoms with E-state index in [-0.39, 0.29) is 6.61 Å². The number of benzene rings is 1. The van der Waals surface area contributed by atoms with Crippen LogP contribution in [0.2, 0.25) is 0 Å². The summed E-state index contributed by atoms with van der Waals surface area (Å²) in [6.07, 6.45) is 1.21. The molecule has 0 amide bonds. The summed E-state index contributed by atoms with van der Waals surface area (Å²) in [7, 11) is 2.10. The molecule has 0 spiro atoms. The Morgan fingerprint density at radius 3 is 2.82 bits per heavy atom. The smallest absolute Gasteiger partial charge is 0.0558 e. The maximum absolute atomic E-state index is 8.94. The molecule has 0 aliphatic carbocycles. The summed E-state index contributed by atoms with van der Waals surface area (Å²) in [5, 5.41) is 8.94. The van der Waals surface area contributed by atoms with Crippen molar-refractivity contribution >= 4 is 0 Å². The molecule has 1 aliphatic heterocycles. The van der Waals surface area contributed by atoms with Gasteiger partial charge in [-0.15, -0.1) is 0 Å². The molecule has 1 heterocycles. The molecule has 1 N–H and O–H groups in total. The summed E-state index contributed by atoms with van der Waals surface area (Å²) in [5.74, 6) is 0. The van der Waals surface area contributed by atoms with Crippen LogP contribution in [0.4, 0.5) is 0 Å². The van der Waals surface area contributed by atoms with Crippen molar-refractivity contribution < 1.29 is 5.11 Å². The van der Waals surface area contributed by atoms with Gasteiger partial charge in [-0.1, -0.05) is 30.3 Å². The predicted molar refractivity (Wildman–Crippen MR) is 69.8 cm³/mol. The molecule has 0 radical (unpaired) electrons. The van der Waals surface area contributed by atoms with Gasteiger partial charge in [-0.25, -0.2) is 0 Å². The molecule has 1 aliphatic rings. The molecular weight excluding hydrogens is 212 g/mol. The minimum absolute atomic E-state index is 0.256. The molecule has 0 aromatic heterocycles. The molecule has 1 atom stereocenters. The van der Waals surface area contributed by atoms with Crippen LogP contribution in [-0.2, 0) is 6.54 Å². The Labute approximate surface area is 104 Å². The Kier molecular flexibility index (Phi) is 4.54. The molecule has 1 fully saturated rings. The summed E-state index contributed by atoms with van der Waals surface area (Å²) in [6, 6.07) is 11.2. The average Bonchev–Trinajstić information content (AvgIpc) is 2.79. The molecule has 0 saturated carbocycles. The van der Waals surface area contributed by atoms with E-state index in [9.17, 15) is 0 Å². The zero-order valence-corrected chi connectivity index (χ0v) is 10.5. The van der Waals surface area contributed by atoms with Crippen molar-refractivity contribution in [1.29, 1.82) is 0 Å². The second kappa shape index (κ2) is 6.15. The summed E-state index contributed by atoms with van der Waals surface area (Å²) in [5.41, 5.74) is 1.39. The third-order valence-corrected chi connectivity index (χ3v) is 3.57. The molecule has 1 aromatic rings. The quantitative estimate of drug-likeness (QED) is 0.829. The molecule has 3 heteroatoms. The van der Waals surface area contributed by atoms with Gasteiger partial charge < -0.3 is 5.11 Å². The zero-order chi connectivity index (χ0) is 12.1. The summed E-state index contributed by atoms with van der Waals surface area (Å²) < 4.78 is 0. The van der Waals surface area contributed by atoms with Crippen molar-refractivity contribution in [2.45, 2.75) is 19.0 Å². The fourth-order valence-electron chi connectivity index (χ4n) is 2.50. The second-order valence-corrected chi connectivity index (χ2v) is 4.87. The van der Waals surface area contributed by atoms with E-state index in [1.54, 1.807) is 0 Å². The van der Waals surface area contributed by atoms with Gasteiger partial charge in [0.15, 0.2) is 0 Å². The first-order valence-corrected chi connectivity index (χ1v) is 6.37. The van der Waals surface area contributed by atoms with Crippen LogP contribution in [-0.4, -0.2) is 54.2 Å². The summed E-state index contributed by atoms with van der Waals surface area (Å²) >= 11 is 0. The fraction of sp³-hybridized carbons (Fsp3) is 0.571. The van der Waals surface area contributed by atoms with Gasteiger partial charge >= 0.3 is 0 Å². The van der Waals surface area contributed by atoms with Crippen molar-refractivity contribution in [2.24, 2.45) is 0 Å². The monoisotopic (exact) mass is 234 g/mol. The van der Waals surface area contributed by atoms with Gasteiger partial charge in [-0.3, -0.25) is 9.80 Å². The average molecular weight is 234 g/mol. The fourth-order valence-corrected chi connectivity index (χ4v) is 2.50. The van der Waals surface area contributed by atoms with Crippen molar-refractivity contribution in [2.75, 3.05) is 33.3 Å². The number of hydrogen-bond acceptors (Lipinski definition) is 3. The predicted octanol–water partition coefficient (Wildman–Crippen LogP) is 1.18. The molecule has 0 bridgehead atoms. The lowest BCUT2D eigenvalue weighted by molar-refractivity contribution is 0.177. The molecule has 17 heavy (non-hydrogen) atoms. The van der Waals surface area contributed by atoms with Crippen molar-refractivity contribution in [3.05, 3.63) is 35.9 Å². The lowest BCUT2D eigenvalue weighted by Gasteiger charge is -2.23. The molecule has 3 nitrogen and oxygen atoms in total. The highest BCUT2D eigenvalue weighted by Crippen LogP contribution is 2.16. The first kappa shape index (κ1) is 12.6. The highest BCUT2D eigenvalue weighted by molar-refractivity contribution is 5.14. The molecule has 2 rings (SSSR count). The van der Waals surface area contributed by atoms with Crippen LogP contribution >= 0.6 is 0 Å².